The molecule has 0 heterocycles. The number of rotatable bonds is 5. The van der Waals surface area contributed by atoms with Crippen LogP contribution in [-0.2, 0) is 9.53 Å². The van der Waals surface area contributed by atoms with Crippen molar-refractivity contribution in [3.8, 4) is 0 Å². The van der Waals surface area contributed by atoms with E-state index in [1.54, 1.807) is 25.1 Å². The first kappa shape index (κ1) is 14.2. The molecule has 0 fully saturated rings. The fourth-order valence-electron chi connectivity index (χ4n) is 1.34. The summed E-state index contributed by atoms with van der Waals surface area (Å²) < 4.78 is 4.81. The number of nitrogens with zero attached hydrogens (tertiary/aromatic N) is 1. The summed E-state index contributed by atoms with van der Waals surface area (Å²) in [6.07, 6.45) is 1.38. The van der Waals surface area contributed by atoms with Gasteiger partial charge in [-0.25, -0.2) is 4.79 Å². The van der Waals surface area contributed by atoms with Gasteiger partial charge in [0.25, 0.3) is 5.69 Å². The normalized spacial score (nSPS) is 11.1. The van der Waals surface area contributed by atoms with Crippen LogP contribution in [0, 0.1) is 10.1 Å². The van der Waals surface area contributed by atoms with Gasteiger partial charge < -0.3 is 4.74 Å². The van der Waals surface area contributed by atoms with E-state index in [4.69, 9.17) is 16.3 Å². The van der Waals surface area contributed by atoms with Crippen molar-refractivity contribution < 1.29 is 14.5 Å². The van der Waals surface area contributed by atoms with E-state index in [0.717, 1.165) is 0 Å². The predicted octanol–water partition coefficient (Wildman–Crippen LogP) is 2.78. The first-order chi connectivity index (χ1) is 8.60. The lowest BCUT2D eigenvalue weighted by Gasteiger charge is -2.04. The van der Waals surface area contributed by atoms with Crippen molar-refractivity contribution in [2.24, 2.45) is 0 Å². The van der Waals surface area contributed by atoms with Gasteiger partial charge in [0.2, 0.25) is 0 Å². The number of carbonyl (C=O) groups is 1. The molecule has 0 saturated carbocycles. The highest BCUT2D eigenvalue weighted by Crippen LogP contribution is 2.21. The Bertz CT molecular complexity index is 485. The van der Waals surface area contributed by atoms with Crippen LogP contribution in [0.25, 0.3) is 6.08 Å². The van der Waals surface area contributed by atoms with Crippen molar-refractivity contribution >= 4 is 29.3 Å². The van der Waals surface area contributed by atoms with E-state index in [0.29, 0.717) is 5.56 Å². The summed E-state index contributed by atoms with van der Waals surface area (Å²) in [5.74, 6) is -0.629. The molecule has 0 aliphatic heterocycles. The number of carbonyl (C=O) groups excluding carboxylic acids is 1. The number of para-hydroxylation sites is 1. The van der Waals surface area contributed by atoms with Crippen LogP contribution in [0.4, 0.5) is 5.69 Å². The topological polar surface area (TPSA) is 69.4 Å². The first-order valence-corrected chi connectivity index (χ1v) is 5.80. The molecule has 0 amide bonds. The maximum Gasteiger partial charge on any atom is 0.335 e. The molecule has 96 valence electrons. The lowest BCUT2D eigenvalue weighted by atomic mass is 10.1. The maximum absolute atomic E-state index is 11.5. The van der Waals surface area contributed by atoms with Crippen LogP contribution in [-0.4, -0.2) is 23.4 Å². The molecule has 0 saturated heterocycles. The van der Waals surface area contributed by atoms with E-state index in [2.05, 4.69) is 0 Å². The molecule has 0 radical (unpaired) electrons. The van der Waals surface area contributed by atoms with Gasteiger partial charge in [-0.3, -0.25) is 10.1 Å². The minimum atomic E-state index is -0.564. The molecular weight excluding hydrogens is 258 g/mol. The van der Waals surface area contributed by atoms with Crippen LogP contribution >= 0.6 is 11.6 Å². The van der Waals surface area contributed by atoms with Gasteiger partial charge in [-0.15, -0.1) is 11.6 Å². The molecule has 0 atom stereocenters. The van der Waals surface area contributed by atoms with Gasteiger partial charge in [-0.2, -0.15) is 0 Å². The van der Waals surface area contributed by atoms with Crippen LogP contribution in [0.1, 0.15) is 12.5 Å². The molecule has 0 aliphatic rings. The monoisotopic (exact) mass is 269 g/mol. The third kappa shape index (κ3) is 3.56. The first-order valence-electron chi connectivity index (χ1n) is 5.27. The Hall–Kier alpha value is -1.88. The molecule has 1 aromatic rings. The van der Waals surface area contributed by atoms with Gasteiger partial charge in [0.05, 0.1) is 28.5 Å². The molecule has 0 aromatic heterocycles. The molecule has 0 N–H and O–H groups in total. The lowest BCUT2D eigenvalue weighted by molar-refractivity contribution is -0.385. The zero-order chi connectivity index (χ0) is 13.5. The number of halogens is 1. The van der Waals surface area contributed by atoms with Gasteiger partial charge in [0.1, 0.15) is 0 Å². The summed E-state index contributed by atoms with van der Waals surface area (Å²) >= 11 is 5.64. The average molecular weight is 270 g/mol. The molecule has 0 unspecified atom stereocenters. The van der Waals surface area contributed by atoms with E-state index in [1.807, 2.05) is 0 Å². The molecular formula is C12H12ClNO4. The summed E-state index contributed by atoms with van der Waals surface area (Å²) in [6, 6.07) is 6.11. The average Bonchev–Trinajstić information content (AvgIpc) is 2.36. The zero-order valence-corrected chi connectivity index (χ0v) is 10.5. The van der Waals surface area contributed by atoms with Gasteiger partial charge in [-0.05, 0) is 19.1 Å². The van der Waals surface area contributed by atoms with Crippen molar-refractivity contribution in [3.63, 3.8) is 0 Å². The summed E-state index contributed by atoms with van der Waals surface area (Å²) in [7, 11) is 0. The smallest absolute Gasteiger partial charge is 0.335 e. The summed E-state index contributed by atoms with van der Waals surface area (Å²) in [6.45, 7) is 1.90. The minimum Gasteiger partial charge on any atom is -0.463 e. The second kappa shape index (κ2) is 6.76. The van der Waals surface area contributed by atoms with Crippen LogP contribution in [0.5, 0.6) is 0 Å². The Morgan fingerprint density at radius 1 is 1.50 bits per heavy atom. The number of benzene rings is 1. The summed E-state index contributed by atoms with van der Waals surface area (Å²) in [4.78, 5) is 21.8. The molecule has 0 bridgehead atoms. The fraction of sp³-hybridized carbons (Fsp3) is 0.250. The van der Waals surface area contributed by atoms with Crippen molar-refractivity contribution in [2.45, 2.75) is 6.92 Å². The number of alkyl halides is 1. The summed E-state index contributed by atoms with van der Waals surface area (Å²) in [5.41, 5.74) is 0.434. The third-order valence-corrected chi connectivity index (χ3v) is 2.43. The van der Waals surface area contributed by atoms with Gasteiger partial charge >= 0.3 is 5.97 Å². The Morgan fingerprint density at radius 2 is 2.17 bits per heavy atom. The predicted molar refractivity (Wildman–Crippen MR) is 68.4 cm³/mol. The van der Waals surface area contributed by atoms with E-state index in [-0.39, 0.29) is 23.7 Å². The second-order valence-electron chi connectivity index (χ2n) is 3.34. The van der Waals surface area contributed by atoms with Crippen molar-refractivity contribution in [3.05, 3.63) is 45.5 Å². The number of esters is 1. The molecule has 0 spiro atoms. The van der Waals surface area contributed by atoms with Crippen LogP contribution in [0.3, 0.4) is 0 Å². The second-order valence-corrected chi connectivity index (χ2v) is 3.61. The molecule has 5 nitrogen and oxygen atoms in total. The number of hydrogen-bond acceptors (Lipinski definition) is 4. The fourth-order valence-corrected chi connectivity index (χ4v) is 1.53. The number of nitro benzene ring substituents is 1. The van der Waals surface area contributed by atoms with Gasteiger partial charge in [0, 0.05) is 6.07 Å². The Kier molecular flexibility index (Phi) is 5.32. The number of ether oxygens (including phenoxy) is 1. The number of hydrogen-bond donors (Lipinski definition) is 0. The number of nitro groups is 1. The third-order valence-electron chi connectivity index (χ3n) is 2.14. The standard InChI is InChI=1S/C12H12ClNO4/c1-2-18-12(15)10(8-13)7-9-5-3-4-6-11(9)14(16)17/h3-7H,2,8H2,1H3/b10-7+. The van der Waals surface area contributed by atoms with Crippen molar-refractivity contribution in [1.82, 2.24) is 0 Å². The van der Waals surface area contributed by atoms with Gasteiger partial charge in [-0.1, -0.05) is 12.1 Å². The highest BCUT2D eigenvalue weighted by atomic mass is 35.5. The Balaban J connectivity index is 3.13. The Morgan fingerprint density at radius 3 is 2.72 bits per heavy atom. The molecule has 6 heteroatoms. The minimum absolute atomic E-state index is 0.0646. The Labute approximate surface area is 109 Å². The molecule has 0 aliphatic carbocycles. The highest BCUT2D eigenvalue weighted by Gasteiger charge is 2.14. The van der Waals surface area contributed by atoms with E-state index >= 15 is 0 Å². The molecule has 18 heavy (non-hydrogen) atoms. The molecule has 1 rings (SSSR count). The van der Waals surface area contributed by atoms with Gasteiger partial charge in [0.15, 0.2) is 0 Å². The van der Waals surface area contributed by atoms with Crippen molar-refractivity contribution in [2.75, 3.05) is 12.5 Å². The quantitative estimate of drug-likeness (QED) is 0.271. The van der Waals surface area contributed by atoms with Crippen LogP contribution in [0.15, 0.2) is 29.8 Å². The van der Waals surface area contributed by atoms with Crippen LogP contribution < -0.4 is 0 Å². The summed E-state index contributed by atoms with van der Waals surface area (Å²) in [5, 5.41) is 10.8. The molecule has 1 aromatic carbocycles. The lowest BCUT2D eigenvalue weighted by Crippen LogP contribution is -2.08. The van der Waals surface area contributed by atoms with E-state index in [9.17, 15) is 14.9 Å². The zero-order valence-electron chi connectivity index (χ0n) is 9.76. The van der Waals surface area contributed by atoms with Crippen LogP contribution in [0.2, 0.25) is 0 Å². The van der Waals surface area contributed by atoms with E-state index < -0.39 is 10.9 Å². The largest absolute Gasteiger partial charge is 0.463 e. The van der Waals surface area contributed by atoms with Crippen molar-refractivity contribution in [1.29, 1.82) is 0 Å². The SMILES string of the molecule is CCOC(=O)/C(=C/c1ccccc1[N+](=O)[O-])CCl. The van der Waals surface area contributed by atoms with E-state index in [1.165, 1.54) is 12.1 Å². The maximum atomic E-state index is 11.5. The highest BCUT2D eigenvalue weighted by molar-refractivity contribution is 6.23.